The zero-order valence-corrected chi connectivity index (χ0v) is 49.9. The molecule has 0 amide bonds. The fraction of sp³-hybridized carbons (Fsp3) is 0.935. The number of aliphatic hydroxyl groups is 6. The molecule has 0 unspecified atom stereocenters. The van der Waals surface area contributed by atoms with E-state index in [1.807, 2.05) is 0 Å². The van der Waals surface area contributed by atoms with Crippen LogP contribution in [-0.2, 0) is 161 Å². The summed E-state index contributed by atoms with van der Waals surface area (Å²) in [6, 6.07) is -11.1. The molecule has 0 spiro atoms. The highest BCUT2D eigenvalue weighted by molar-refractivity contribution is 7.84. The third-order valence-corrected chi connectivity index (χ3v) is 15.1. The molecule has 0 aromatic carbocycles. The number of aliphatic carboxylic acids is 2. The highest BCUT2D eigenvalue weighted by atomic mass is 32.3. The first kappa shape index (κ1) is 68.2. The number of hydrogen-bond donors (Lipinski definition) is 19. The van der Waals surface area contributed by atoms with Crippen molar-refractivity contribution in [3.05, 3.63) is 0 Å². The van der Waals surface area contributed by atoms with E-state index in [9.17, 15) is 157 Å². The normalized spacial score (nSPS) is 44.0. The molecule has 5 heterocycles. The van der Waals surface area contributed by atoms with E-state index in [0.717, 1.165) is 4.72 Å². The Hall–Kier alpha value is -2.74. The zero-order valence-electron chi connectivity index (χ0n) is 50.4. The average molecular weight is 1520 g/mol. The lowest BCUT2D eigenvalue weighted by Crippen LogP contribution is -2.71. The summed E-state index contributed by atoms with van der Waals surface area (Å²) in [5.41, 5.74) is 0. The van der Waals surface area contributed by atoms with Crippen LogP contribution in [0.1, 0.15) is 9.60 Å². The minimum Gasteiger partial charge on any atom is -0.479 e. The van der Waals surface area contributed by atoms with Crippen molar-refractivity contribution in [2.75, 3.05) is 26.9 Å². The first-order valence-electron chi connectivity index (χ1n) is 26.3. The summed E-state index contributed by atoms with van der Waals surface area (Å²) in [7, 11) is -49.6. The molecule has 534 valence electrons. The molecule has 5 fully saturated rings. The molecule has 5 aliphatic rings. The minimum atomic E-state index is -7.30. The molecule has 5 aliphatic heterocycles. The van der Waals surface area contributed by atoms with Crippen molar-refractivity contribution >= 4 is 94.8 Å². The summed E-state index contributed by atoms with van der Waals surface area (Å²) in [5.74, 6) is -5.60. The second-order valence-corrected chi connectivity index (χ2v) is 26.6. The Balaban J connectivity index is 1.78. The maximum absolute atomic E-state index is 13.2. The molecule has 0 bridgehead atoms. The van der Waals surface area contributed by atoms with E-state index in [1.165, 1.54) is 4.72 Å². The van der Waals surface area contributed by atoms with Crippen molar-refractivity contribution in [2.24, 2.45) is 0 Å². The highest BCUT2D eigenvalue weighted by Crippen LogP contribution is 2.39. The van der Waals surface area contributed by atoms with Crippen LogP contribution in [0.3, 0.4) is 0 Å². The second kappa shape index (κ2) is 29.9. The molecule has 52 nitrogen and oxygen atoms in total. The minimum absolute atomic E-state index is 0.297. The van der Waals surface area contributed by atoms with E-state index < -0.39 is 268 Å². The Morgan fingerprint density at radius 3 is 1.35 bits per heavy atom. The Bertz CT molecular complexity index is 3890. The monoisotopic (exact) mass is 1510 g/mol. The second-order valence-electron chi connectivity index (χ2n) is 17.8. The summed E-state index contributed by atoms with van der Waals surface area (Å²) in [6.07, 6.45) is -81.5. The number of carboxylic acids is 2. The van der Waals surface area contributed by atoms with Crippen molar-refractivity contribution in [1.29, 1.82) is 0 Å². The quantitative estimate of drug-likeness (QED) is 0.0297. The molecule has 60 heteroatoms. The van der Waals surface area contributed by atoms with Crippen molar-refractivity contribution in [1.82, 2.24) is 14.2 Å². The van der Waals surface area contributed by atoms with Crippen molar-refractivity contribution in [3.8, 4) is 0 Å². The first-order valence-corrected chi connectivity index (χ1v) is 33.9. The number of hydrogen-bond acceptors (Lipinski definition) is 39. The molecule has 0 radical (unpaired) electrons. The van der Waals surface area contributed by atoms with Gasteiger partial charge in [0.1, 0.15) is 103 Å². The molecule has 25 atom stereocenters. The Morgan fingerprint density at radius 2 is 0.890 bits per heavy atom. The molecule has 91 heavy (non-hydrogen) atoms. The van der Waals surface area contributed by atoms with Gasteiger partial charge in [-0.2, -0.15) is 81.5 Å². The number of rotatable bonds is 30. The fourth-order valence-corrected chi connectivity index (χ4v) is 11.4. The van der Waals surface area contributed by atoms with Crippen LogP contribution in [0.5, 0.6) is 0 Å². The van der Waals surface area contributed by atoms with Gasteiger partial charge in [-0.15, -0.1) is 0 Å². The van der Waals surface area contributed by atoms with Crippen LogP contribution in [0.25, 0.3) is 0 Å². The number of carboxylic acid groups (broad SMARTS) is 2. The van der Waals surface area contributed by atoms with Crippen molar-refractivity contribution < 1.29 is 232 Å². The third-order valence-electron chi connectivity index (χ3n) is 11.5. The SMILES string of the molecule is [2H]C([2H])(OS(=O)(=O)O)[C@@]1([2H])O[C@]([2H])(O[C@H]2[C@H](O)[C@@H](OS(=O)(=O)O)[C@H](O[C@H]3[C@H](O)[C@@H](NS(=O)(=O)O)[C@@H](OC)O[C@@H]3COS(=O)(=O)O)O[C@H]2C(=O)O)[C@]([2H])(NS(=O)(=O)O)[C@@]([2H])(OS(=O)(=O)O)[C@]1([2H])O[C@@H]1O[C@H](C(=O)O)[C@@H](O[C@H]2O[C@H](COS(=O)(=O)O)[C@@H](O)[C@H](O)[C@H]2NS(=O)(=O)O)[C@H](O)[C@H]1O. The van der Waals surface area contributed by atoms with Gasteiger partial charge in [0.2, 0.25) is 0 Å². The van der Waals surface area contributed by atoms with Crippen LogP contribution in [-0.4, -0.2) is 337 Å². The number of methoxy groups -OCH3 is 1. The van der Waals surface area contributed by atoms with Gasteiger partial charge in [-0.1, -0.05) is 0 Å². The summed E-state index contributed by atoms with van der Waals surface area (Å²) in [6.45, 7) is -9.02. The summed E-state index contributed by atoms with van der Waals surface area (Å²) >= 11 is 0. The van der Waals surface area contributed by atoms with Gasteiger partial charge >= 0.3 is 94.8 Å². The number of carbonyl (C=O) groups is 2. The lowest BCUT2D eigenvalue weighted by molar-refractivity contribution is -0.373. The number of nitrogens with one attached hydrogen (secondary N) is 3. The van der Waals surface area contributed by atoms with Gasteiger partial charge in [-0.05, 0) is 0 Å². The van der Waals surface area contributed by atoms with Crippen molar-refractivity contribution in [2.45, 2.75) is 153 Å². The van der Waals surface area contributed by atoms with Gasteiger partial charge in [0, 0.05) is 7.11 Å². The Morgan fingerprint density at radius 1 is 0.440 bits per heavy atom. The summed E-state index contributed by atoms with van der Waals surface area (Å²) in [5, 5.41) is 88.5. The average Bonchev–Trinajstić information content (AvgIpc) is 0.658. The van der Waals surface area contributed by atoms with Gasteiger partial charge in [0.05, 0.1) is 29.4 Å². The van der Waals surface area contributed by atoms with E-state index in [4.69, 9.17) is 54.7 Å². The largest absolute Gasteiger partial charge is 0.479 e. The lowest BCUT2D eigenvalue weighted by atomic mass is 9.94. The molecule has 19 N–H and O–H groups in total. The van der Waals surface area contributed by atoms with E-state index >= 15 is 0 Å². The predicted molar refractivity (Wildman–Crippen MR) is 262 cm³/mol. The van der Waals surface area contributed by atoms with Gasteiger partial charge in [-0.3, -0.25) is 36.4 Å². The van der Waals surface area contributed by atoms with E-state index in [1.54, 1.807) is 0 Å². The van der Waals surface area contributed by atoms with Gasteiger partial charge in [0.15, 0.2) is 49.7 Å². The molecule has 0 aliphatic carbocycles. The highest BCUT2D eigenvalue weighted by Gasteiger charge is 2.61. The van der Waals surface area contributed by atoms with Crippen LogP contribution < -0.4 is 14.2 Å². The van der Waals surface area contributed by atoms with E-state index in [0.29, 0.717) is 11.8 Å². The maximum Gasteiger partial charge on any atom is 0.397 e. The topological polar surface area (TPSA) is 805 Å². The van der Waals surface area contributed by atoms with E-state index in [2.05, 4.69) is 20.9 Å². The maximum atomic E-state index is 13.2. The third kappa shape index (κ3) is 22.9. The number of ether oxygens (including phenoxy) is 10. The summed E-state index contributed by atoms with van der Waals surface area (Å²) in [4.78, 5) is 26.2. The molecule has 5 rings (SSSR count). The van der Waals surface area contributed by atoms with Gasteiger partial charge in [0.25, 0.3) is 0 Å². The standard InChI is InChI=1S/C31H53N3O49S8/c1-69-27-9(33-85(48,49)50)13(37)17(6(74-27)3-71-88(57,58)59)76-31-22(83-91(66,67)68)16(40)21(24(81-31)26(43)44)79-29-10(34-86(51,52)53)19(82-90(63,64)65)18(7(75-29)4-72-89(60,61)62)77-30-15(39)14(38)20(23(80-30)25(41)42)78-28-8(32-84(45,46)47)12(36)11(35)5(73-28)2-70-87(54,55)56/h5-24,27-40H,2-4H2,1H3,(H,41,42)(H,43,44)(H,45,46,47)(H,48,49,50)(H,51,52,53)(H,54,55,56)(H,57,58,59)(H,60,61,62)(H,63,64,65)(H,66,67,68)/t5-,6-,7-,8-,9-,10-,11-,12-,13-,14-,15-,16+,17-,18-,19-,20+,21+,22-,23+,24-,27+,28-,29-,30-,31-/m1/s1/i4D2,7D,10D,18D,19D,29D. The summed E-state index contributed by atoms with van der Waals surface area (Å²) < 4.78 is 409. The zero-order chi connectivity index (χ0) is 75.8. The first-order chi connectivity index (χ1) is 43.7. The fourth-order valence-electron chi connectivity index (χ4n) is 8.10. The Labute approximate surface area is 519 Å². The van der Waals surface area contributed by atoms with Crippen LogP contribution >= 0.6 is 0 Å². The lowest BCUT2D eigenvalue weighted by Gasteiger charge is -2.50. The smallest absolute Gasteiger partial charge is 0.397 e. The van der Waals surface area contributed by atoms with Crippen LogP contribution in [0.15, 0.2) is 0 Å². The molecule has 5 saturated heterocycles. The van der Waals surface area contributed by atoms with Crippen LogP contribution in [0, 0.1) is 0 Å². The van der Waals surface area contributed by atoms with Crippen molar-refractivity contribution in [3.63, 3.8) is 0 Å². The molecule has 0 aromatic heterocycles. The van der Waals surface area contributed by atoms with Gasteiger partial charge in [-0.25, -0.2) is 30.5 Å². The Kier molecular flexibility index (Phi) is 22.4. The molecular formula is C31H53N3O49S8. The molecule has 0 saturated carbocycles. The number of aliphatic hydroxyl groups excluding tert-OH is 6. The predicted octanol–water partition coefficient (Wildman–Crippen LogP) is -13.8. The van der Waals surface area contributed by atoms with Crippen LogP contribution in [0.4, 0.5) is 0 Å². The molecule has 0 aromatic rings. The van der Waals surface area contributed by atoms with Gasteiger partial charge < -0.3 is 88.2 Å². The van der Waals surface area contributed by atoms with E-state index in [-0.39, 0.29) is 0 Å². The van der Waals surface area contributed by atoms with Crippen LogP contribution in [0.2, 0.25) is 0 Å². The molecular weight excluding hydrogens is 1450 g/mol.